The van der Waals surface area contributed by atoms with E-state index in [4.69, 9.17) is 38.0 Å². The Morgan fingerprint density at radius 1 is 1.04 bits per heavy atom. The standard InChI is InChI=1S/C15H25Cl2N2O3P/c16-8-10-19(11-9-17)23(18,20)22-13-5-4-12-21-14-15-6-2-1-3-7-15/h1-3,6-7H,4-5,8-14H2,(H2,18,20). The minimum Gasteiger partial charge on any atom is -0.377 e. The van der Waals surface area contributed by atoms with Crippen molar-refractivity contribution < 1.29 is 13.8 Å². The summed E-state index contributed by atoms with van der Waals surface area (Å²) in [5.41, 5.74) is 6.91. The molecule has 1 rings (SSSR count). The first-order chi connectivity index (χ1) is 11.1. The maximum absolute atomic E-state index is 12.3. The number of hydrogen-bond donors (Lipinski definition) is 1. The molecule has 0 spiro atoms. The van der Waals surface area contributed by atoms with E-state index in [1.54, 1.807) is 0 Å². The number of ether oxygens (including phenoxy) is 1. The van der Waals surface area contributed by atoms with Gasteiger partial charge in [0.15, 0.2) is 0 Å². The van der Waals surface area contributed by atoms with Crippen LogP contribution in [0.3, 0.4) is 0 Å². The minimum absolute atomic E-state index is 0.323. The Labute approximate surface area is 148 Å². The Hall–Kier alpha value is -0.130. The van der Waals surface area contributed by atoms with Crippen LogP contribution in [0.2, 0.25) is 0 Å². The van der Waals surface area contributed by atoms with Crippen molar-refractivity contribution in [1.82, 2.24) is 4.67 Å². The highest BCUT2D eigenvalue weighted by atomic mass is 35.5. The lowest BCUT2D eigenvalue weighted by Gasteiger charge is -2.26. The number of unbranched alkanes of at least 4 members (excludes halogenated alkanes) is 1. The van der Waals surface area contributed by atoms with Gasteiger partial charge < -0.3 is 9.26 Å². The van der Waals surface area contributed by atoms with E-state index >= 15 is 0 Å². The molecule has 0 fully saturated rings. The van der Waals surface area contributed by atoms with Crippen LogP contribution in [0.25, 0.3) is 0 Å². The molecule has 1 atom stereocenters. The van der Waals surface area contributed by atoms with Gasteiger partial charge in [-0.25, -0.2) is 10.2 Å². The van der Waals surface area contributed by atoms with E-state index in [9.17, 15) is 4.57 Å². The second-order valence-corrected chi connectivity index (χ2v) is 7.68. The topological polar surface area (TPSA) is 64.8 Å². The molecule has 1 unspecified atom stereocenters. The van der Waals surface area contributed by atoms with Crippen LogP contribution in [0, 0.1) is 0 Å². The molecule has 0 saturated heterocycles. The Morgan fingerprint density at radius 3 is 2.26 bits per heavy atom. The first-order valence-electron chi connectivity index (χ1n) is 7.62. The fourth-order valence-electron chi connectivity index (χ4n) is 1.93. The molecule has 0 bridgehead atoms. The molecular formula is C15H25Cl2N2O3P. The number of rotatable bonds is 13. The third-order valence-corrected chi connectivity index (χ3v) is 5.23. The molecule has 1 aromatic rings. The number of halogens is 2. The molecule has 0 aliphatic carbocycles. The Balaban J connectivity index is 2.14. The molecular weight excluding hydrogens is 358 g/mol. The zero-order valence-electron chi connectivity index (χ0n) is 13.2. The molecule has 23 heavy (non-hydrogen) atoms. The Morgan fingerprint density at radius 2 is 1.65 bits per heavy atom. The van der Waals surface area contributed by atoms with Crippen molar-refractivity contribution in [3.05, 3.63) is 35.9 Å². The second kappa shape index (κ2) is 12.3. The first kappa shape index (κ1) is 20.9. The van der Waals surface area contributed by atoms with Gasteiger partial charge >= 0.3 is 7.67 Å². The monoisotopic (exact) mass is 382 g/mol. The van der Waals surface area contributed by atoms with E-state index in [2.05, 4.69) is 0 Å². The number of benzene rings is 1. The van der Waals surface area contributed by atoms with Gasteiger partial charge in [0.1, 0.15) is 0 Å². The van der Waals surface area contributed by atoms with Crippen molar-refractivity contribution in [2.45, 2.75) is 19.4 Å². The van der Waals surface area contributed by atoms with Gasteiger partial charge in [0.05, 0.1) is 13.2 Å². The van der Waals surface area contributed by atoms with Crippen LogP contribution in [-0.4, -0.2) is 42.7 Å². The number of alkyl halides is 2. The quantitative estimate of drug-likeness (QED) is 0.319. The summed E-state index contributed by atoms with van der Waals surface area (Å²) in [6, 6.07) is 9.99. The van der Waals surface area contributed by atoms with Crippen LogP contribution >= 0.6 is 30.9 Å². The lowest BCUT2D eigenvalue weighted by molar-refractivity contribution is 0.113. The summed E-state index contributed by atoms with van der Waals surface area (Å²) in [5.74, 6) is 0.656. The largest absolute Gasteiger partial charge is 0.377 e. The maximum Gasteiger partial charge on any atom is 0.340 e. The van der Waals surface area contributed by atoms with Crippen molar-refractivity contribution in [2.24, 2.45) is 5.50 Å². The molecule has 0 heterocycles. The normalized spacial score (nSPS) is 14.1. The zero-order chi connectivity index (χ0) is 17.0. The molecule has 0 amide bonds. The average molecular weight is 383 g/mol. The summed E-state index contributed by atoms with van der Waals surface area (Å²) in [5, 5.41) is 0. The van der Waals surface area contributed by atoms with Crippen LogP contribution < -0.4 is 5.50 Å². The van der Waals surface area contributed by atoms with Gasteiger partial charge in [-0.05, 0) is 18.4 Å². The fraction of sp³-hybridized carbons (Fsp3) is 0.600. The van der Waals surface area contributed by atoms with Gasteiger partial charge in [0.2, 0.25) is 0 Å². The first-order valence-corrected chi connectivity index (χ1v) is 10.3. The summed E-state index contributed by atoms with van der Waals surface area (Å²) < 4.78 is 24.7. The van der Waals surface area contributed by atoms with E-state index in [1.807, 2.05) is 30.3 Å². The molecule has 0 radical (unpaired) electrons. The lowest BCUT2D eigenvalue weighted by Crippen LogP contribution is -2.29. The van der Waals surface area contributed by atoms with E-state index in [0.29, 0.717) is 44.7 Å². The van der Waals surface area contributed by atoms with Crippen molar-refractivity contribution in [3.8, 4) is 0 Å². The van der Waals surface area contributed by atoms with Crippen LogP contribution in [0.4, 0.5) is 0 Å². The van der Waals surface area contributed by atoms with Gasteiger partial charge in [-0.3, -0.25) is 4.57 Å². The van der Waals surface area contributed by atoms with Crippen molar-refractivity contribution in [3.63, 3.8) is 0 Å². The SMILES string of the molecule is NP(=O)(OCCCCOCc1ccccc1)N(CCCl)CCCl. The summed E-state index contributed by atoms with van der Waals surface area (Å²) in [4.78, 5) is 0. The van der Waals surface area contributed by atoms with E-state index < -0.39 is 7.67 Å². The van der Waals surface area contributed by atoms with E-state index in [0.717, 1.165) is 18.4 Å². The van der Waals surface area contributed by atoms with Crippen LogP contribution in [-0.2, 0) is 20.4 Å². The summed E-state index contributed by atoms with van der Waals surface area (Å²) in [7, 11) is -3.32. The summed E-state index contributed by atoms with van der Waals surface area (Å²) in [6.07, 6.45) is 1.55. The molecule has 0 aliphatic rings. The molecule has 5 nitrogen and oxygen atoms in total. The highest BCUT2D eigenvalue weighted by molar-refractivity contribution is 7.53. The number of nitrogens with zero attached hydrogens (tertiary/aromatic N) is 1. The average Bonchev–Trinajstić information content (AvgIpc) is 2.54. The summed E-state index contributed by atoms with van der Waals surface area (Å²) >= 11 is 11.3. The molecule has 1 aromatic carbocycles. The minimum atomic E-state index is -3.32. The van der Waals surface area contributed by atoms with Crippen LogP contribution in [0.5, 0.6) is 0 Å². The molecule has 2 N–H and O–H groups in total. The van der Waals surface area contributed by atoms with Gasteiger partial charge in [-0.2, -0.15) is 0 Å². The molecule has 8 heteroatoms. The molecule has 0 aromatic heterocycles. The maximum atomic E-state index is 12.3. The zero-order valence-corrected chi connectivity index (χ0v) is 15.6. The Bertz CT molecular complexity index is 459. The molecule has 0 aliphatic heterocycles. The summed E-state index contributed by atoms with van der Waals surface area (Å²) in [6.45, 7) is 2.32. The van der Waals surface area contributed by atoms with Gasteiger partial charge in [0, 0.05) is 31.5 Å². The lowest BCUT2D eigenvalue weighted by atomic mass is 10.2. The van der Waals surface area contributed by atoms with Crippen LogP contribution in [0.1, 0.15) is 18.4 Å². The van der Waals surface area contributed by atoms with E-state index in [-0.39, 0.29) is 0 Å². The van der Waals surface area contributed by atoms with Crippen molar-refractivity contribution in [1.29, 1.82) is 0 Å². The Kier molecular flexibility index (Phi) is 11.2. The molecule has 132 valence electrons. The predicted molar refractivity (Wildman–Crippen MR) is 96.1 cm³/mol. The highest BCUT2D eigenvalue weighted by Gasteiger charge is 2.26. The smallest absolute Gasteiger partial charge is 0.340 e. The highest BCUT2D eigenvalue weighted by Crippen LogP contribution is 2.42. The van der Waals surface area contributed by atoms with E-state index in [1.165, 1.54) is 4.67 Å². The third kappa shape index (κ3) is 9.06. The van der Waals surface area contributed by atoms with Gasteiger partial charge in [-0.1, -0.05) is 30.3 Å². The number of nitrogens with two attached hydrogens (primary N) is 1. The fourth-order valence-corrected chi connectivity index (χ4v) is 3.89. The second-order valence-electron chi connectivity index (χ2n) is 4.97. The van der Waals surface area contributed by atoms with Crippen molar-refractivity contribution >= 4 is 30.9 Å². The third-order valence-electron chi connectivity index (χ3n) is 3.15. The predicted octanol–water partition coefficient (Wildman–Crippen LogP) is 3.85. The number of hydrogen-bond acceptors (Lipinski definition) is 3. The molecule has 0 saturated carbocycles. The van der Waals surface area contributed by atoms with Gasteiger partial charge in [-0.15, -0.1) is 23.2 Å². The van der Waals surface area contributed by atoms with Gasteiger partial charge in [0.25, 0.3) is 0 Å². The van der Waals surface area contributed by atoms with Crippen molar-refractivity contribution in [2.75, 3.05) is 38.1 Å². The van der Waals surface area contributed by atoms with Crippen LogP contribution in [0.15, 0.2) is 30.3 Å².